The van der Waals surface area contributed by atoms with Crippen molar-refractivity contribution in [1.29, 1.82) is 0 Å². The standard InChI is InChI=1S/C22H19ClN2O5S/c1-29-15-8-10-20(30-2)18(12-15)24-22(26)13-25-19-9-7-14(23)11-17(19)16-5-3-4-6-21(16)31(25,27)28/h3-12H,13H2,1-2H3,(H,24,26). The summed E-state index contributed by atoms with van der Waals surface area (Å²) in [5.74, 6) is 0.416. The molecule has 0 radical (unpaired) electrons. The molecule has 0 aliphatic carbocycles. The van der Waals surface area contributed by atoms with Crippen LogP contribution in [-0.2, 0) is 14.8 Å². The van der Waals surface area contributed by atoms with Gasteiger partial charge in [-0.1, -0.05) is 29.8 Å². The third-order valence-electron chi connectivity index (χ3n) is 4.94. The fourth-order valence-corrected chi connectivity index (χ4v) is 5.33. The summed E-state index contributed by atoms with van der Waals surface area (Å²) in [6.07, 6.45) is 0. The van der Waals surface area contributed by atoms with E-state index >= 15 is 0 Å². The summed E-state index contributed by atoms with van der Waals surface area (Å²) in [6, 6.07) is 16.5. The van der Waals surface area contributed by atoms with Crippen LogP contribution in [0.15, 0.2) is 65.6 Å². The number of sulfonamides is 1. The number of anilines is 2. The Hall–Kier alpha value is -3.23. The molecular weight excluding hydrogens is 440 g/mol. The van der Waals surface area contributed by atoms with E-state index < -0.39 is 22.5 Å². The number of hydrogen-bond acceptors (Lipinski definition) is 5. The smallest absolute Gasteiger partial charge is 0.265 e. The van der Waals surface area contributed by atoms with Crippen molar-refractivity contribution in [2.24, 2.45) is 0 Å². The Bertz CT molecular complexity index is 1280. The van der Waals surface area contributed by atoms with Gasteiger partial charge in [-0.3, -0.25) is 9.10 Å². The van der Waals surface area contributed by atoms with Crippen LogP contribution < -0.4 is 19.1 Å². The molecule has 3 aromatic rings. The summed E-state index contributed by atoms with van der Waals surface area (Å²) in [5.41, 5.74) is 1.95. The maximum Gasteiger partial charge on any atom is 0.265 e. The van der Waals surface area contributed by atoms with Gasteiger partial charge in [0.05, 0.1) is 30.5 Å². The summed E-state index contributed by atoms with van der Waals surface area (Å²) in [6.45, 7) is -0.425. The van der Waals surface area contributed by atoms with Crippen molar-refractivity contribution >= 4 is 38.9 Å². The van der Waals surface area contributed by atoms with E-state index in [4.69, 9.17) is 21.1 Å². The number of nitrogens with one attached hydrogen (secondary N) is 1. The number of nitrogens with zero attached hydrogens (tertiary/aromatic N) is 1. The fourth-order valence-electron chi connectivity index (χ4n) is 3.51. The van der Waals surface area contributed by atoms with Gasteiger partial charge in [0.25, 0.3) is 10.0 Å². The average Bonchev–Trinajstić information content (AvgIpc) is 2.77. The van der Waals surface area contributed by atoms with Gasteiger partial charge in [0.15, 0.2) is 0 Å². The number of rotatable bonds is 5. The van der Waals surface area contributed by atoms with Crippen LogP contribution in [0.1, 0.15) is 0 Å². The third-order valence-corrected chi connectivity index (χ3v) is 6.99. The number of benzene rings is 3. The van der Waals surface area contributed by atoms with Gasteiger partial charge in [-0.15, -0.1) is 0 Å². The van der Waals surface area contributed by atoms with Crippen LogP contribution in [0.5, 0.6) is 11.5 Å². The van der Waals surface area contributed by atoms with Crippen molar-refractivity contribution in [2.45, 2.75) is 4.90 Å². The van der Waals surface area contributed by atoms with E-state index in [9.17, 15) is 13.2 Å². The molecule has 1 aliphatic rings. The predicted octanol–water partition coefficient (Wildman–Crippen LogP) is 4.17. The first-order chi connectivity index (χ1) is 14.8. The highest BCUT2D eigenvalue weighted by Gasteiger charge is 2.36. The van der Waals surface area contributed by atoms with E-state index in [1.54, 1.807) is 54.6 Å². The van der Waals surface area contributed by atoms with E-state index in [2.05, 4.69) is 5.32 Å². The molecule has 1 heterocycles. The van der Waals surface area contributed by atoms with Crippen molar-refractivity contribution in [1.82, 2.24) is 0 Å². The average molecular weight is 459 g/mol. The maximum absolute atomic E-state index is 13.3. The van der Waals surface area contributed by atoms with E-state index in [-0.39, 0.29) is 4.90 Å². The van der Waals surface area contributed by atoms with Crippen LogP contribution in [0.3, 0.4) is 0 Å². The SMILES string of the molecule is COc1ccc(OC)c(NC(=O)CN2c3ccc(Cl)cc3-c3ccccc3S2(=O)=O)c1. The van der Waals surface area contributed by atoms with Gasteiger partial charge in [0.2, 0.25) is 5.91 Å². The van der Waals surface area contributed by atoms with Crippen molar-refractivity contribution in [2.75, 3.05) is 30.4 Å². The van der Waals surface area contributed by atoms with Crippen molar-refractivity contribution < 1.29 is 22.7 Å². The molecule has 1 aliphatic heterocycles. The second kappa shape index (κ2) is 8.13. The lowest BCUT2D eigenvalue weighted by atomic mass is 10.0. The molecule has 0 atom stereocenters. The first kappa shape index (κ1) is 21.0. The third kappa shape index (κ3) is 3.80. The van der Waals surface area contributed by atoms with Crippen LogP contribution in [-0.4, -0.2) is 35.1 Å². The molecule has 0 saturated carbocycles. The Morgan fingerprint density at radius 1 is 1.00 bits per heavy atom. The molecule has 0 bridgehead atoms. The first-order valence-corrected chi connectivity index (χ1v) is 11.1. The number of halogens is 1. The topological polar surface area (TPSA) is 84.9 Å². The van der Waals surface area contributed by atoms with Crippen molar-refractivity contribution in [3.05, 3.63) is 65.7 Å². The summed E-state index contributed by atoms with van der Waals surface area (Å²) in [5, 5.41) is 3.18. The molecule has 0 saturated heterocycles. The Morgan fingerprint density at radius 2 is 1.77 bits per heavy atom. The van der Waals surface area contributed by atoms with Crippen LogP contribution >= 0.6 is 11.6 Å². The molecule has 0 aromatic heterocycles. The van der Waals surface area contributed by atoms with Gasteiger partial charge < -0.3 is 14.8 Å². The number of amides is 1. The summed E-state index contributed by atoms with van der Waals surface area (Å²) < 4.78 is 38.2. The zero-order valence-electron chi connectivity index (χ0n) is 16.8. The summed E-state index contributed by atoms with van der Waals surface area (Å²) in [4.78, 5) is 13.0. The van der Waals surface area contributed by atoms with Crippen LogP contribution in [0.2, 0.25) is 5.02 Å². The highest BCUT2D eigenvalue weighted by molar-refractivity contribution is 7.93. The number of hydrogen-bond donors (Lipinski definition) is 1. The second-order valence-electron chi connectivity index (χ2n) is 6.78. The monoisotopic (exact) mass is 458 g/mol. The van der Waals surface area contributed by atoms with E-state index in [1.807, 2.05) is 0 Å². The highest BCUT2D eigenvalue weighted by atomic mass is 35.5. The number of ether oxygens (including phenoxy) is 2. The van der Waals surface area contributed by atoms with Gasteiger partial charge in [-0.2, -0.15) is 0 Å². The molecule has 9 heteroatoms. The molecule has 7 nitrogen and oxygen atoms in total. The maximum atomic E-state index is 13.3. The lowest BCUT2D eigenvalue weighted by Crippen LogP contribution is -2.40. The molecule has 4 rings (SSSR count). The number of methoxy groups -OCH3 is 2. The molecule has 1 N–H and O–H groups in total. The minimum absolute atomic E-state index is 0.122. The van der Waals surface area contributed by atoms with Gasteiger partial charge in [0, 0.05) is 22.2 Å². The molecule has 3 aromatic carbocycles. The molecule has 0 fully saturated rings. The van der Waals surface area contributed by atoms with Gasteiger partial charge in [-0.25, -0.2) is 8.42 Å². The van der Waals surface area contributed by atoms with Crippen LogP contribution in [0.4, 0.5) is 11.4 Å². The Labute approximate surface area is 185 Å². The quantitative estimate of drug-likeness (QED) is 0.620. The predicted molar refractivity (Wildman–Crippen MR) is 120 cm³/mol. The number of fused-ring (bicyclic) bond motifs is 3. The van der Waals surface area contributed by atoms with E-state index in [0.29, 0.717) is 39.0 Å². The van der Waals surface area contributed by atoms with Crippen LogP contribution in [0, 0.1) is 0 Å². The first-order valence-electron chi connectivity index (χ1n) is 9.28. The largest absolute Gasteiger partial charge is 0.497 e. The van der Waals surface area contributed by atoms with Gasteiger partial charge >= 0.3 is 0 Å². The summed E-state index contributed by atoms with van der Waals surface area (Å²) in [7, 11) is -0.969. The van der Waals surface area contributed by atoms with E-state index in [0.717, 1.165) is 4.31 Å². The lowest BCUT2D eigenvalue weighted by molar-refractivity contribution is -0.114. The Morgan fingerprint density at radius 3 is 2.52 bits per heavy atom. The molecule has 31 heavy (non-hydrogen) atoms. The van der Waals surface area contributed by atoms with Gasteiger partial charge in [-0.05, 0) is 36.4 Å². The summed E-state index contributed by atoms with van der Waals surface area (Å²) >= 11 is 6.16. The zero-order valence-corrected chi connectivity index (χ0v) is 18.3. The lowest BCUT2D eigenvalue weighted by Gasteiger charge is -2.31. The van der Waals surface area contributed by atoms with Crippen molar-refractivity contribution in [3.63, 3.8) is 0 Å². The fraction of sp³-hybridized carbons (Fsp3) is 0.136. The minimum atomic E-state index is -3.95. The zero-order chi connectivity index (χ0) is 22.2. The Kier molecular flexibility index (Phi) is 5.51. The minimum Gasteiger partial charge on any atom is -0.497 e. The molecular formula is C22H19ClN2O5S. The van der Waals surface area contributed by atoms with E-state index in [1.165, 1.54) is 20.3 Å². The molecule has 160 valence electrons. The van der Waals surface area contributed by atoms with Gasteiger partial charge in [0.1, 0.15) is 18.0 Å². The number of carbonyl (C=O) groups excluding carboxylic acids is 1. The second-order valence-corrected chi connectivity index (χ2v) is 9.05. The normalized spacial score (nSPS) is 13.7. The molecule has 0 unspecified atom stereocenters. The molecule has 1 amide bonds. The van der Waals surface area contributed by atoms with Crippen LogP contribution in [0.25, 0.3) is 11.1 Å². The Balaban J connectivity index is 1.71. The van der Waals surface area contributed by atoms with Crippen molar-refractivity contribution in [3.8, 4) is 22.6 Å². The number of carbonyl (C=O) groups is 1. The molecule has 0 spiro atoms. The highest BCUT2D eigenvalue weighted by Crippen LogP contribution is 2.43.